The van der Waals surface area contributed by atoms with Gasteiger partial charge >= 0.3 is 6.09 Å². The fraction of sp³-hybridized carbons (Fsp3) is 0.455. The summed E-state index contributed by atoms with van der Waals surface area (Å²) in [6.45, 7) is 4.81. The number of hydrogen-bond acceptors (Lipinski definition) is 5. The van der Waals surface area contributed by atoms with Crippen LogP contribution in [0.2, 0.25) is 0 Å². The second kappa shape index (κ2) is 13.0. The molecule has 0 bridgehead atoms. The van der Waals surface area contributed by atoms with Crippen LogP contribution in [0.4, 0.5) is 4.79 Å². The standard InChI is InChI=1S/C22H30N2O3S/c1-3-26-21-11-9-18(10-12-21)15-20(24-22(25)27-4-2)17-28-14-6-8-19-7-5-13-23-16-19/h5,7,9-13,16,20H,3-4,6,8,14-15,17H2,1-2H3,(H,24,25)/t20-/m0/s1. The molecule has 1 N–H and O–H groups in total. The molecule has 2 aromatic rings. The van der Waals surface area contributed by atoms with E-state index in [1.54, 1.807) is 6.20 Å². The molecule has 152 valence electrons. The molecule has 0 saturated carbocycles. The first-order chi connectivity index (χ1) is 13.7. The minimum absolute atomic E-state index is 0.0281. The van der Waals surface area contributed by atoms with Gasteiger partial charge in [0.15, 0.2) is 0 Å². The Morgan fingerprint density at radius 1 is 1.14 bits per heavy atom. The fourth-order valence-electron chi connectivity index (χ4n) is 2.81. The van der Waals surface area contributed by atoms with E-state index in [0.29, 0.717) is 13.2 Å². The average Bonchev–Trinajstić information content (AvgIpc) is 2.70. The third-order valence-corrected chi connectivity index (χ3v) is 5.33. The minimum Gasteiger partial charge on any atom is -0.494 e. The first-order valence-corrected chi connectivity index (χ1v) is 11.0. The van der Waals surface area contributed by atoms with E-state index < -0.39 is 0 Å². The van der Waals surface area contributed by atoms with Crippen molar-refractivity contribution >= 4 is 17.9 Å². The Hall–Kier alpha value is -2.21. The second-order valence-corrected chi connectivity index (χ2v) is 7.53. The van der Waals surface area contributed by atoms with E-state index in [1.165, 1.54) is 11.1 Å². The van der Waals surface area contributed by atoms with Gasteiger partial charge in [-0.1, -0.05) is 18.2 Å². The SMILES string of the molecule is CCOC(=O)N[C@H](CSCCCc1cccnc1)Cc1ccc(OCC)cc1. The number of aryl methyl sites for hydroxylation is 1. The number of rotatable bonds is 12. The minimum atomic E-state index is -0.352. The smallest absolute Gasteiger partial charge is 0.407 e. The molecule has 0 saturated heterocycles. The van der Waals surface area contributed by atoms with Gasteiger partial charge in [-0.3, -0.25) is 4.98 Å². The van der Waals surface area contributed by atoms with Crippen molar-refractivity contribution in [3.63, 3.8) is 0 Å². The van der Waals surface area contributed by atoms with Crippen molar-refractivity contribution in [3.05, 3.63) is 59.9 Å². The molecule has 28 heavy (non-hydrogen) atoms. The van der Waals surface area contributed by atoms with Crippen molar-refractivity contribution in [2.24, 2.45) is 0 Å². The molecule has 0 aliphatic rings. The van der Waals surface area contributed by atoms with Crippen molar-refractivity contribution in [2.45, 2.75) is 39.2 Å². The molecule has 1 atom stereocenters. The highest BCUT2D eigenvalue weighted by atomic mass is 32.2. The number of alkyl carbamates (subject to hydrolysis) is 1. The van der Waals surface area contributed by atoms with Gasteiger partial charge < -0.3 is 14.8 Å². The molecule has 1 heterocycles. The van der Waals surface area contributed by atoms with Crippen molar-refractivity contribution in [3.8, 4) is 5.75 Å². The summed E-state index contributed by atoms with van der Waals surface area (Å²) in [7, 11) is 0. The maximum Gasteiger partial charge on any atom is 0.407 e. The Morgan fingerprint density at radius 2 is 1.96 bits per heavy atom. The maximum absolute atomic E-state index is 11.9. The lowest BCUT2D eigenvalue weighted by Gasteiger charge is -2.18. The van der Waals surface area contributed by atoms with Crippen molar-refractivity contribution < 1.29 is 14.3 Å². The predicted octanol–water partition coefficient (Wildman–Crippen LogP) is 4.50. The maximum atomic E-state index is 11.9. The number of hydrogen-bond donors (Lipinski definition) is 1. The van der Waals surface area contributed by atoms with Crippen LogP contribution in [0.1, 0.15) is 31.4 Å². The van der Waals surface area contributed by atoms with Gasteiger partial charge in [-0.2, -0.15) is 11.8 Å². The summed E-state index contributed by atoms with van der Waals surface area (Å²) in [4.78, 5) is 16.0. The van der Waals surface area contributed by atoms with E-state index in [1.807, 2.05) is 50.0 Å². The topological polar surface area (TPSA) is 60.5 Å². The van der Waals surface area contributed by atoms with Gasteiger partial charge in [0.25, 0.3) is 0 Å². The average molecular weight is 403 g/mol. The van der Waals surface area contributed by atoms with E-state index in [4.69, 9.17) is 9.47 Å². The fourth-order valence-corrected chi connectivity index (χ4v) is 3.81. The molecular formula is C22H30N2O3S. The van der Waals surface area contributed by atoms with E-state index in [2.05, 4.69) is 28.5 Å². The van der Waals surface area contributed by atoms with Crippen LogP contribution >= 0.6 is 11.8 Å². The van der Waals surface area contributed by atoms with Gasteiger partial charge in [-0.25, -0.2) is 4.79 Å². The molecule has 0 unspecified atom stereocenters. The highest BCUT2D eigenvalue weighted by Crippen LogP contribution is 2.16. The van der Waals surface area contributed by atoms with E-state index in [0.717, 1.165) is 36.5 Å². The summed E-state index contributed by atoms with van der Waals surface area (Å²) in [6.07, 6.45) is 6.24. The van der Waals surface area contributed by atoms with Crippen molar-refractivity contribution in [1.29, 1.82) is 0 Å². The lowest BCUT2D eigenvalue weighted by Crippen LogP contribution is -2.38. The molecule has 6 heteroatoms. The number of amides is 1. The predicted molar refractivity (Wildman–Crippen MR) is 115 cm³/mol. The quantitative estimate of drug-likeness (QED) is 0.530. The van der Waals surface area contributed by atoms with Crippen LogP contribution in [0, 0.1) is 0 Å². The highest BCUT2D eigenvalue weighted by molar-refractivity contribution is 7.99. The number of nitrogens with zero attached hydrogens (tertiary/aromatic N) is 1. The summed E-state index contributed by atoms with van der Waals surface area (Å²) in [5.74, 6) is 2.75. The summed E-state index contributed by atoms with van der Waals surface area (Å²) in [5, 5.41) is 2.99. The summed E-state index contributed by atoms with van der Waals surface area (Å²) < 4.78 is 10.6. The molecule has 0 spiro atoms. The van der Waals surface area contributed by atoms with Gasteiger partial charge in [-0.15, -0.1) is 0 Å². The molecular weight excluding hydrogens is 372 g/mol. The Kier molecular flexibility index (Phi) is 10.3. The normalized spacial score (nSPS) is 11.6. The number of carbonyl (C=O) groups excluding carboxylic acids is 1. The number of nitrogens with one attached hydrogen (secondary N) is 1. The number of benzene rings is 1. The lowest BCUT2D eigenvalue weighted by molar-refractivity contribution is 0.149. The third kappa shape index (κ3) is 8.65. The van der Waals surface area contributed by atoms with Crippen molar-refractivity contribution in [1.82, 2.24) is 10.3 Å². The van der Waals surface area contributed by atoms with Crippen LogP contribution in [-0.2, 0) is 17.6 Å². The van der Waals surface area contributed by atoms with Crippen LogP contribution in [0.25, 0.3) is 0 Å². The van der Waals surface area contributed by atoms with Crippen LogP contribution in [0.15, 0.2) is 48.8 Å². The van der Waals surface area contributed by atoms with E-state index in [-0.39, 0.29) is 12.1 Å². The molecule has 0 aliphatic heterocycles. The summed E-state index contributed by atoms with van der Waals surface area (Å²) >= 11 is 1.86. The van der Waals surface area contributed by atoms with Gasteiger partial charge in [0.2, 0.25) is 0 Å². The van der Waals surface area contributed by atoms with Crippen LogP contribution < -0.4 is 10.1 Å². The Morgan fingerprint density at radius 3 is 2.64 bits per heavy atom. The van der Waals surface area contributed by atoms with E-state index in [9.17, 15) is 4.79 Å². The Bertz CT molecular complexity index is 680. The Balaban J connectivity index is 1.81. The van der Waals surface area contributed by atoms with Gasteiger partial charge in [-0.05, 0) is 68.2 Å². The number of thioether (sulfide) groups is 1. The molecule has 1 amide bonds. The van der Waals surface area contributed by atoms with Crippen LogP contribution in [0.5, 0.6) is 5.75 Å². The molecule has 1 aromatic heterocycles. The Labute approximate surface area is 172 Å². The molecule has 1 aromatic carbocycles. The number of pyridine rings is 1. The summed E-state index contributed by atoms with van der Waals surface area (Å²) in [6, 6.07) is 12.2. The lowest BCUT2D eigenvalue weighted by atomic mass is 10.1. The molecule has 2 rings (SSSR count). The zero-order valence-electron chi connectivity index (χ0n) is 16.7. The first kappa shape index (κ1) is 22.1. The largest absolute Gasteiger partial charge is 0.494 e. The number of aromatic nitrogens is 1. The zero-order valence-corrected chi connectivity index (χ0v) is 17.5. The zero-order chi connectivity index (χ0) is 20.0. The van der Waals surface area contributed by atoms with Gasteiger partial charge in [0.05, 0.1) is 13.2 Å². The van der Waals surface area contributed by atoms with E-state index >= 15 is 0 Å². The molecule has 0 fully saturated rings. The monoisotopic (exact) mass is 402 g/mol. The summed E-state index contributed by atoms with van der Waals surface area (Å²) in [5.41, 5.74) is 2.43. The highest BCUT2D eigenvalue weighted by Gasteiger charge is 2.14. The first-order valence-electron chi connectivity index (χ1n) is 9.83. The van der Waals surface area contributed by atoms with Gasteiger partial charge in [0, 0.05) is 24.2 Å². The van der Waals surface area contributed by atoms with Crippen LogP contribution in [-0.4, -0.2) is 41.8 Å². The number of carbonyl (C=O) groups is 1. The number of ether oxygens (including phenoxy) is 2. The second-order valence-electron chi connectivity index (χ2n) is 6.38. The molecule has 0 aliphatic carbocycles. The van der Waals surface area contributed by atoms with Crippen molar-refractivity contribution in [2.75, 3.05) is 24.7 Å². The molecule has 0 radical (unpaired) electrons. The van der Waals surface area contributed by atoms with Crippen LogP contribution in [0.3, 0.4) is 0 Å². The van der Waals surface area contributed by atoms with Gasteiger partial charge in [0.1, 0.15) is 5.75 Å². The third-order valence-electron chi connectivity index (χ3n) is 4.11. The molecule has 5 nitrogen and oxygen atoms in total.